The first-order valence-corrected chi connectivity index (χ1v) is 10.1. The molecule has 1 aliphatic heterocycles. The fraction of sp³-hybridized carbons (Fsp3) is 0.591. The van der Waals surface area contributed by atoms with Crippen LogP contribution in [-0.2, 0) is 22.4 Å². The number of aromatic amines is 1. The minimum absolute atomic E-state index is 0.00129. The number of aromatic nitrogens is 1. The molecule has 1 unspecified atom stereocenters. The number of nitrogens with zero attached hydrogens (tertiary/aromatic N) is 1. The van der Waals surface area contributed by atoms with Crippen molar-refractivity contribution in [2.75, 3.05) is 20.2 Å². The summed E-state index contributed by atoms with van der Waals surface area (Å²) in [7, 11) is 1.53. The van der Waals surface area contributed by atoms with Crippen LogP contribution in [0.3, 0.4) is 0 Å². The van der Waals surface area contributed by atoms with Gasteiger partial charge in [-0.25, -0.2) is 0 Å². The molecule has 1 saturated heterocycles. The molecule has 4 heteroatoms. The van der Waals surface area contributed by atoms with Crippen molar-refractivity contribution in [3.8, 4) is 0 Å². The number of likely N-dealkylation sites (tertiary alicyclic amines) is 1. The summed E-state index contributed by atoms with van der Waals surface area (Å²) in [5, 5.41) is 1.43. The third-order valence-electron chi connectivity index (χ3n) is 6.87. The number of H-pyrrole nitrogens is 1. The Balaban J connectivity index is 1.59. The number of fused-ring (bicyclic) bond motifs is 2. The first-order chi connectivity index (χ1) is 12.7. The second kappa shape index (κ2) is 6.12. The predicted molar refractivity (Wildman–Crippen MR) is 102 cm³/mol. The van der Waals surface area contributed by atoms with E-state index in [1.807, 2.05) is 0 Å². The Bertz CT molecular complexity index is 851. The van der Waals surface area contributed by atoms with Gasteiger partial charge < -0.3 is 9.72 Å². The number of carbonyl (C=O) groups excluding carboxylic acids is 1. The van der Waals surface area contributed by atoms with Gasteiger partial charge in [0.15, 0.2) is 0 Å². The van der Waals surface area contributed by atoms with Crippen LogP contribution in [-0.4, -0.2) is 42.1 Å². The lowest BCUT2D eigenvalue weighted by Gasteiger charge is -2.46. The van der Waals surface area contributed by atoms with Gasteiger partial charge in [0, 0.05) is 41.6 Å². The van der Waals surface area contributed by atoms with E-state index in [2.05, 4.69) is 35.0 Å². The van der Waals surface area contributed by atoms with Crippen molar-refractivity contribution in [3.63, 3.8) is 0 Å². The van der Waals surface area contributed by atoms with Gasteiger partial charge in [-0.2, -0.15) is 0 Å². The number of benzene rings is 1. The van der Waals surface area contributed by atoms with E-state index in [0.29, 0.717) is 12.0 Å². The van der Waals surface area contributed by atoms with Crippen LogP contribution < -0.4 is 0 Å². The molecule has 138 valence electrons. The van der Waals surface area contributed by atoms with Gasteiger partial charge in [0.1, 0.15) is 0 Å². The van der Waals surface area contributed by atoms with E-state index in [1.165, 1.54) is 47.7 Å². The predicted octanol–water partition coefficient (Wildman–Crippen LogP) is 3.64. The van der Waals surface area contributed by atoms with Gasteiger partial charge in [-0.1, -0.05) is 19.1 Å². The highest BCUT2D eigenvalue weighted by atomic mass is 16.5. The minimum atomic E-state index is -0.0365. The molecule has 5 rings (SSSR count). The standard InChI is InChI=1S/C22H28N2O2/c1-3-18-17-10-20-16(15-5-4-6-19(23-18)21(15)17)9-14(22(25)26-2)12-24(20)11-13-7-8-13/h4-6,13-14,16,20,23H,3,7-12H2,1-2H3/t14-,16?,20+/m0/s1. The van der Waals surface area contributed by atoms with Crippen molar-refractivity contribution in [1.29, 1.82) is 0 Å². The summed E-state index contributed by atoms with van der Waals surface area (Å²) in [4.78, 5) is 18.7. The van der Waals surface area contributed by atoms with Crippen LogP contribution >= 0.6 is 0 Å². The fourth-order valence-electron chi connectivity index (χ4n) is 5.44. The zero-order valence-electron chi connectivity index (χ0n) is 15.8. The Morgan fingerprint density at radius 3 is 2.92 bits per heavy atom. The molecule has 2 heterocycles. The van der Waals surface area contributed by atoms with Crippen LogP contribution in [0.25, 0.3) is 10.9 Å². The molecule has 4 nitrogen and oxygen atoms in total. The Kier molecular flexibility index (Phi) is 3.85. The van der Waals surface area contributed by atoms with Crippen molar-refractivity contribution >= 4 is 16.9 Å². The normalized spacial score (nSPS) is 28.2. The van der Waals surface area contributed by atoms with Crippen molar-refractivity contribution in [3.05, 3.63) is 35.0 Å². The van der Waals surface area contributed by atoms with Crippen molar-refractivity contribution < 1.29 is 9.53 Å². The number of piperidine rings is 1. The molecule has 0 amide bonds. The molecule has 1 aromatic heterocycles. The topological polar surface area (TPSA) is 45.3 Å². The molecule has 26 heavy (non-hydrogen) atoms. The second-order valence-electron chi connectivity index (χ2n) is 8.44. The Morgan fingerprint density at radius 1 is 1.35 bits per heavy atom. The van der Waals surface area contributed by atoms with Crippen LogP contribution in [0.1, 0.15) is 48.9 Å². The van der Waals surface area contributed by atoms with Crippen LogP contribution in [0.2, 0.25) is 0 Å². The molecule has 2 fully saturated rings. The first-order valence-electron chi connectivity index (χ1n) is 10.1. The number of methoxy groups -OCH3 is 1. The van der Waals surface area contributed by atoms with Gasteiger partial charge in [-0.3, -0.25) is 9.69 Å². The summed E-state index contributed by atoms with van der Waals surface area (Å²) in [5.74, 6) is 1.23. The molecular weight excluding hydrogens is 324 g/mol. The summed E-state index contributed by atoms with van der Waals surface area (Å²) in [5.41, 5.74) is 5.63. The summed E-state index contributed by atoms with van der Waals surface area (Å²) < 4.78 is 5.13. The number of carbonyl (C=O) groups is 1. The van der Waals surface area contributed by atoms with Gasteiger partial charge in [-0.15, -0.1) is 0 Å². The van der Waals surface area contributed by atoms with Crippen LogP contribution in [0, 0.1) is 11.8 Å². The average molecular weight is 352 g/mol. The van der Waals surface area contributed by atoms with E-state index >= 15 is 0 Å². The van der Waals surface area contributed by atoms with Gasteiger partial charge in [0.2, 0.25) is 0 Å². The molecule has 0 bridgehead atoms. The number of hydrogen-bond acceptors (Lipinski definition) is 3. The van der Waals surface area contributed by atoms with Gasteiger partial charge in [0.05, 0.1) is 13.0 Å². The van der Waals surface area contributed by atoms with Crippen molar-refractivity contribution in [1.82, 2.24) is 9.88 Å². The molecule has 3 atom stereocenters. The van der Waals surface area contributed by atoms with E-state index in [-0.39, 0.29) is 11.9 Å². The van der Waals surface area contributed by atoms with Crippen molar-refractivity contribution in [2.24, 2.45) is 11.8 Å². The molecular formula is C22H28N2O2. The lowest BCUT2D eigenvalue weighted by atomic mass is 9.71. The highest BCUT2D eigenvalue weighted by molar-refractivity contribution is 5.90. The van der Waals surface area contributed by atoms with E-state index in [1.54, 1.807) is 0 Å². The molecule has 0 radical (unpaired) electrons. The molecule has 2 aromatic rings. The minimum Gasteiger partial charge on any atom is -0.469 e. The monoisotopic (exact) mass is 352 g/mol. The molecule has 1 N–H and O–H groups in total. The zero-order chi connectivity index (χ0) is 17.8. The summed E-state index contributed by atoms with van der Waals surface area (Å²) in [6.45, 7) is 4.25. The van der Waals surface area contributed by atoms with E-state index in [4.69, 9.17) is 4.74 Å². The van der Waals surface area contributed by atoms with Crippen LogP contribution in [0.5, 0.6) is 0 Å². The van der Waals surface area contributed by atoms with Crippen LogP contribution in [0.4, 0.5) is 0 Å². The maximum absolute atomic E-state index is 12.4. The molecule has 1 saturated carbocycles. The average Bonchev–Trinajstić information content (AvgIpc) is 3.41. The SMILES string of the molecule is CCc1[nH]c2cccc3c2c1C[C@@H]1C3C[C@H](C(=O)OC)CN1CC1CC1. The molecule has 3 aliphatic rings. The highest BCUT2D eigenvalue weighted by Gasteiger charge is 2.44. The Morgan fingerprint density at radius 2 is 2.19 bits per heavy atom. The Labute approximate surface area is 154 Å². The van der Waals surface area contributed by atoms with Gasteiger partial charge in [0.25, 0.3) is 0 Å². The van der Waals surface area contributed by atoms with Crippen molar-refractivity contribution in [2.45, 2.75) is 51.0 Å². The third kappa shape index (κ3) is 2.50. The highest BCUT2D eigenvalue weighted by Crippen LogP contribution is 2.47. The fourth-order valence-corrected chi connectivity index (χ4v) is 5.44. The van der Waals surface area contributed by atoms with E-state index < -0.39 is 0 Å². The first kappa shape index (κ1) is 16.4. The summed E-state index contributed by atoms with van der Waals surface area (Å²) >= 11 is 0. The molecule has 1 aromatic carbocycles. The van der Waals surface area contributed by atoms with E-state index in [9.17, 15) is 4.79 Å². The zero-order valence-corrected chi connectivity index (χ0v) is 15.8. The maximum atomic E-state index is 12.4. The number of rotatable bonds is 4. The Hall–Kier alpha value is -1.81. The maximum Gasteiger partial charge on any atom is 0.309 e. The third-order valence-corrected chi connectivity index (χ3v) is 6.87. The lowest BCUT2D eigenvalue weighted by Crippen LogP contribution is -2.52. The molecule has 0 spiro atoms. The smallest absolute Gasteiger partial charge is 0.309 e. The quantitative estimate of drug-likeness (QED) is 0.855. The molecule has 2 aliphatic carbocycles. The number of esters is 1. The number of aryl methyl sites for hydroxylation is 1. The second-order valence-corrected chi connectivity index (χ2v) is 8.44. The summed E-state index contributed by atoms with van der Waals surface area (Å²) in [6, 6.07) is 7.19. The van der Waals surface area contributed by atoms with Gasteiger partial charge in [-0.05, 0) is 55.2 Å². The largest absolute Gasteiger partial charge is 0.469 e. The van der Waals surface area contributed by atoms with E-state index in [0.717, 1.165) is 38.3 Å². The lowest BCUT2D eigenvalue weighted by molar-refractivity contribution is -0.148. The number of hydrogen-bond donors (Lipinski definition) is 1. The van der Waals surface area contributed by atoms with Crippen LogP contribution in [0.15, 0.2) is 18.2 Å². The number of nitrogens with one attached hydrogen (secondary N) is 1. The van der Waals surface area contributed by atoms with Gasteiger partial charge >= 0.3 is 5.97 Å². The summed E-state index contributed by atoms with van der Waals surface area (Å²) in [6.07, 6.45) is 5.79. The number of ether oxygens (including phenoxy) is 1.